The number of benzene rings is 1. The predicted molar refractivity (Wildman–Crippen MR) is 77.1 cm³/mol. The molecule has 3 nitrogen and oxygen atoms in total. The second-order valence-electron chi connectivity index (χ2n) is 5.55. The van der Waals surface area contributed by atoms with Gasteiger partial charge in [0.25, 0.3) is 0 Å². The number of hydrogen-bond donors (Lipinski definition) is 2. The molecule has 1 aromatic rings. The number of nitrogens with one attached hydrogen (secondary N) is 1. The minimum atomic E-state index is -0.463. The molecule has 3 rings (SSSR count). The number of nitrogens with zero attached hydrogens (tertiary/aromatic N) is 1. The van der Waals surface area contributed by atoms with E-state index in [1.165, 1.54) is 25.5 Å². The normalized spacial score (nSPS) is 27.3. The summed E-state index contributed by atoms with van der Waals surface area (Å²) in [5.74, 6) is -0.463. The summed E-state index contributed by atoms with van der Waals surface area (Å²) in [4.78, 5) is 2.57. The van der Waals surface area contributed by atoms with Gasteiger partial charge in [0.1, 0.15) is 5.82 Å². The SMILES string of the molecule is Nc1cc(F)c(Cl)cc1NC1CCN2CCCC2C1. The molecule has 0 radical (unpaired) electrons. The largest absolute Gasteiger partial charge is 0.397 e. The zero-order valence-corrected chi connectivity index (χ0v) is 11.6. The maximum atomic E-state index is 13.3. The molecule has 2 aliphatic heterocycles. The molecule has 0 saturated carbocycles. The van der Waals surface area contributed by atoms with Crippen LogP contribution in [0.15, 0.2) is 12.1 Å². The van der Waals surface area contributed by atoms with Gasteiger partial charge in [0.15, 0.2) is 0 Å². The third kappa shape index (κ3) is 2.65. The Balaban J connectivity index is 1.70. The first-order valence-corrected chi connectivity index (χ1v) is 7.26. The molecule has 0 aromatic heterocycles. The van der Waals surface area contributed by atoms with Crippen LogP contribution in [0.3, 0.4) is 0 Å². The van der Waals surface area contributed by atoms with Crippen LogP contribution in [-0.4, -0.2) is 30.1 Å². The molecule has 3 N–H and O–H groups in total. The molecule has 2 saturated heterocycles. The van der Waals surface area contributed by atoms with Crippen molar-refractivity contribution in [2.45, 2.75) is 37.8 Å². The third-order valence-electron chi connectivity index (χ3n) is 4.27. The van der Waals surface area contributed by atoms with Crippen LogP contribution in [0.25, 0.3) is 0 Å². The Morgan fingerprint density at radius 1 is 1.32 bits per heavy atom. The molecule has 2 fully saturated rings. The topological polar surface area (TPSA) is 41.3 Å². The van der Waals surface area contributed by atoms with E-state index in [1.54, 1.807) is 6.07 Å². The Morgan fingerprint density at radius 2 is 2.16 bits per heavy atom. The molecule has 1 aromatic carbocycles. The van der Waals surface area contributed by atoms with Crippen molar-refractivity contribution in [2.24, 2.45) is 0 Å². The summed E-state index contributed by atoms with van der Waals surface area (Å²) in [6, 6.07) is 3.98. The molecule has 5 heteroatoms. The highest BCUT2D eigenvalue weighted by Gasteiger charge is 2.31. The average molecular weight is 284 g/mol. The average Bonchev–Trinajstić information content (AvgIpc) is 2.83. The van der Waals surface area contributed by atoms with E-state index in [0.717, 1.165) is 25.1 Å². The summed E-state index contributed by atoms with van der Waals surface area (Å²) in [6.07, 6.45) is 4.83. The molecule has 2 heterocycles. The van der Waals surface area contributed by atoms with Crippen molar-refractivity contribution in [2.75, 3.05) is 24.1 Å². The quantitative estimate of drug-likeness (QED) is 0.820. The maximum Gasteiger partial charge on any atom is 0.143 e. The van der Waals surface area contributed by atoms with Gasteiger partial charge in [-0.3, -0.25) is 0 Å². The molecule has 0 bridgehead atoms. The number of nitrogens with two attached hydrogens (primary N) is 1. The molecule has 2 unspecified atom stereocenters. The lowest BCUT2D eigenvalue weighted by Crippen LogP contribution is -2.42. The van der Waals surface area contributed by atoms with Crippen molar-refractivity contribution in [3.05, 3.63) is 23.0 Å². The molecular weight excluding hydrogens is 265 g/mol. The summed E-state index contributed by atoms with van der Waals surface area (Å²) in [7, 11) is 0. The Labute approximate surface area is 117 Å². The van der Waals surface area contributed by atoms with E-state index in [0.29, 0.717) is 17.8 Å². The number of piperidine rings is 1. The van der Waals surface area contributed by atoms with Gasteiger partial charge in [0.05, 0.1) is 16.4 Å². The first kappa shape index (κ1) is 13.0. The van der Waals surface area contributed by atoms with E-state index in [4.69, 9.17) is 17.3 Å². The minimum absolute atomic E-state index is 0.120. The Morgan fingerprint density at radius 3 is 3.00 bits per heavy atom. The zero-order valence-electron chi connectivity index (χ0n) is 10.8. The van der Waals surface area contributed by atoms with Crippen molar-refractivity contribution in [3.8, 4) is 0 Å². The van der Waals surface area contributed by atoms with Crippen LogP contribution in [0.2, 0.25) is 5.02 Å². The second kappa shape index (κ2) is 5.17. The molecular formula is C14H19ClFN3. The number of rotatable bonds is 2. The van der Waals surface area contributed by atoms with Crippen molar-refractivity contribution in [1.29, 1.82) is 0 Å². The van der Waals surface area contributed by atoms with Crippen molar-refractivity contribution in [3.63, 3.8) is 0 Å². The summed E-state index contributed by atoms with van der Waals surface area (Å²) in [6.45, 7) is 2.37. The lowest BCUT2D eigenvalue weighted by atomic mass is 9.97. The van der Waals surface area contributed by atoms with Gasteiger partial charge in [0, 0.05) is 24.7 Å². The maximum absolute atomic E-state index is 13.3. The molecule has 0 amide bonds. The standard InChI is InChI=1S/C14H19ClFN3/c15-11-7-14(13(17)8-12(11)16)18-9-3-5-19-4-1-2-10(19)6-9/h7-10,18H,1-6,17H2. The number of fused-ring (bicyclic) bond motifs is 1. The van der Waals surface area contributed by atoms with Gasteiger partial charge < -0.3 is 16.0 Å². The molecule has 2 aliphatic rings. The van der Waals surface area contributed by atoms with Gasteiger partial charge in [-0.15, -0.1) is 0 Å². The second-order valence-corrected chi connectivity index (χ2v) is 5.96. The summed E-state index contributed by atoms with van der Waals surface area (Å²) in [5, 5.41) is 3.55. The minimum Gasteiger partial charge on any atom is -0.397 e. The summed E-state index contributed by atoms with van der Waals surface area (Å²) >= 11 is 5.81. The highest BCUT2D eigenvalue weighted by molar-refractivity contribution is 6.31. The number of nitrogen functional groups attached to an aromatic ring is 1. The molecule has 19 heavy (non-hydrogen) atoms. The van der Waals surface area contributed by atoms with Gasteiger partial charge in [0.2, 0.25) is 0 Å². The smallest absolute Gasteiger partial charge is 0.143 e. The van der Waals surface area contributed by atoms with Crippen LogP contribution in [0, 0.1) is 5.82 Å². The highest BCUT2D eigenvalue weighted by atomic mass is 35.5. The predicted octanol–water partition coefficient (Wildman–Crippen LogP) is 3.10. The fourth-order valence-electron chi connectivity index (χ4n) is 3.26. The molecule has 0 aliphatic carbocycles. The lowest BCUT2D eigenvalue weighted by molar-refractivity contribution is 0.188. The van der Waals surface area contributed by atoms with Crippen molar-refractivity contribution >= 4 is 23.0 Å². The van der Waals surface area contributed by atoms with Crippen molar-refractivity contribution < 1.29 is 4.39 Å². The zero-order chi connectivity index (χ0) is 13.4. The van der Waals surface area contributed by atoms with Gasteiger partial charge in [-0.05, 0) is 38.3 Å². The van der Waals surface area contributed by atoms with Crippen LogP contribution >= 0.6 is 11.6 Å². The van der Waals surface area contributed by atoms with Crippen LogP contribution in [-0.2, 0) is 0 Å². The fraction of sp³-hybridized carbons (Fsp3) is 0.571. The van der Waals surface area contributed by atoms with Gasteiger partial charge in [-0.2, -0.15) is 0 Å². The lowest BCUT2D eigenvalue weighted by Gasteiger charge is -2.35. The number of anilines is 2. The van der Waals surface area contributed by atoms with E-state index < -0.39 is 5.82 Å². The van der Waals surface area contributed by atoms with E-state index in [1.807, 2.05) is 0 Å². The van der Waals surface area contributed by atoms with Crippen molar-refractivity contribution in [1.82, 2.24) is 4.90 Å². The molecule has 0 spiro atoms. The first-order chi connectivity index (χ1) is 9.13. The third-order valence-corrected chi connectivity index (χ3v) is 4.56. The Hall–Kier alpha value is -1.00. The van der Waals surface area contributed by atoms with E-state index in [9.17, 15) is 4.39 Å². The van der Waals surface area contributed by atoms with Gasteiger partial charge >= 0.3 is 0 Å². The first-order valence-electron chi connectivity index (χ1n) is 6.88. The van der Waals surface area contributed by atoms with Crippen LogP contribution in [0.4, 0.5) is 15.8 Å². The van der Waals surface area contributed by atoms with Crippen LogP contribution < -0.4 is 11.1 Å². The highest BCUT2D eigenvalue weighted by Crippen LogP contribution is 2.31. The van der Waals surface area contributed by atoms with Crippen LogP contribution in [0.1, 0.15) is 25.7 Å². The number of hydrogen-bond acceptors (Lipinski definition) is 3. The van der Waals surface area contributed by atoms with E-state index in [-0.39, 0.29) is 5.02 Å². The Kier molecular flexibility index (Phi) is 3.54. The summed E-state index contributed by atoms with van der Waals surface area (Å²) in [5.41, 5.74) is 7.02. The van der Waals surface area contributed by atoms with E-state index >= 15 is 0 Å². The molecule has 104 valence electrons. The molecule has 2 atom stereocenters. The van der Waals surface area contributed by atoms with Gasteiger partial charge in [-0.1, -0.05) is 11.6 Å². The fourth-order valence-corrected chi connectivity index (χ4v) is 3.43. The Bertz CT molecular complexity index is 480. The van der Waals surface area contributed by atoms with Crippen LogP contribution in [0.5, 0.6) is 0 Å². The monoisotopic (exact) mass is 283 g/mol. The van der Waals surface area contributed by atoms with E-state index in [2.05, 4.69) is 10.2 Å². The van der Waals surface area contributed by atoms with Gasteiger partial charge in [-0.25, -0.2) is 4.39 Å². The number of halogens is 2. The summed E-state index contributed by atoms with van der Waals surface area (Å²) < 4.78 is 13.3.